The fourth-order valence-electron chi connectivity index (χ4n) is 1.34. The summed E-state index contributed by atoms with van der Waals surface area (Å²) < 4.78 is 0. The summed E-state index contributed by atoms with van der Waals surface area (Å²) in [6, 6.07) is 9.29. The Morgan fingerprint density at radius 3 is 3.00 bits per heavy atom. The van der Waals surface area contributed by atoms with Gasteiger partial charge >= 0.3 is 5.97 Å². The van der Waals surface area contributed by atoms with Crippen LogP contribution >= 0.6 is 0 Å². The summed E-state index contributed by atoms with van der Waals surface area (Å²) in [7, 11) is 0. The third kappa shape index (κ3) is 2.57. The predicted octanol–water partition coefficient (Wildman–Crippen LogP) is 2.11. The number of hydrogen-bond acceptors (Lipinski definition) is 4. The Morgan fingerprint density at radius 2 is 2.24 bits per heavy atom. The topological polar surface area (TPSA) is 74.6 Å². The van der Waals surface area contributed by atoms with Crippen molar-refractivity contribution < 1.29 is 9.90 Å². The number of nitrogens with zero attached hydrogens (tertiary/aromatic N) is 2. The standard InChI is InChI=1S/C12H11N3O2/c1-8(12(16)17)14-15-10-4-5-11-9(7-10)3-2-6-13-11/h2-7,15H,1H3,(H,16,17). The quantitative estimate of drug-likeness (QED) is 0.624. The predicted molar refractivity (Wildman–Crippen MR) is 66.1 cm³/mol. The molecule has 2 aromatic rings. The van der Waals surface area contributed by atoms with Gasteiger partial charge in [-0.15, -0.1) is 0 Å². The van der Waals surface area contributed by atoms with Crippen molar-refractivity contribution in [3.8, 4) is 0 Å². The Bertz CT molecular complexity index is 593. The molecule has 0 amide bonds. The lowest BCUT2D eigenvalue weighted by Gasteiger charge is -2.02. The fourth-order valence-corrected chi connectivity index (χ4v) is 1.34. The monoisotopic (exact) mass is 229 g/mol. The molecule has 0 atom stereocenters. The van der Waals surface area contributed by atoms with E-state index in [1.807, 2.05) is 24.3 Å². The number of hydrazone groups is 1. The third-order valence-corrected chi connectivity index (χ3v) is 2.27. The van der Waals surface area contributed by atoms with Gasteiger partial charge < -0.3 is 5.11 Å². The molecule has 0 spiro atoms. The summed E-state index contributed by atoms with van der Waals surface area (Å²) >= 11 is 0. The molecule has 0 saturated heterocycles. The summed E-state index contributed by atoms with van der Waals surface area (Å²) in [6.45, 7) is 1.43. The van der Waals surface area contributed by atoms with E-state index in [0.717, 1.165) is 16.6 Å². The Morgan fingerprint density at radius 1 is 1.41 bits per heavy atom. The van der Waals surface area contributed by atoms with E-state index in [1.54, 1.807) is 12.3 Å². The summed E-state index contributed by atoms with van der Waals surface area (Å²) in [5.41, 5.74) is 4.32. The first-order valence-corrected chi connectivity index (χ1v) is 5.05. The highest BCUT2D eigenvalue weighted by atomic mass is 16.4. The van der Waals surface area contributed by atoms with Gasteiger partial charge in [-0.2, -0.15) is 5.10 Å². The SMILES string of the molecule is CC(=NNc1ccc2ncccc2c1)C(=O)O. The zero-order chi connectivity index (χ0) is 12.3. The Kier molecular flexibility index (Phi) is 3.00. The first-order valence-electron chi connectivity index (χ1n) is 5.05. The normalized spacial score (nSPS) is 11.5. The number of anilines is 1. The van der Waals surface area contributed by atoms with Gasteiger partial charge in [-0.3, -0.25) is 10.4 Å². The minimum atomic E-state index is -1.04. The lowest BCUT2D eigenvalue weighted by atomic mass is 10.2. The highest BCUT2D eigenvalue weighted by Crippen LogP contribution is 2.16. The maximum Gasteiger partial charge on any atom is 0.351 e. The van der Waals surface area contributed by atoms with Gasteiger partial charge in [-0.25, -0.2) is 4.79 Å². The number of nitrogens with one attached hydrogen (secondary N) is 1. The highest BCUT2D eigenvalue weighted by molar-refractivity contribution is 6.34. The van der Waals surface area contributed by atoms with Gasteiger partial charge in [0.25, 0.3) is 0 Å². The Labute approximate surface area is 97.8 Å². The van der Waals surface area contributed by atoms with Crippen molar-refractivity contribution in [1.29, 1.82) is 0 Å². The van der Waals surface area contributed by atoms with Crippen molar-refractivity contribution in [1.82, 2.24) is 4.98 Å². The van der Waals surface area contributed by atoms with Gasteiger partial charge in [0.1, 0.15) is 5.71 Å². The summed E-state index contributed by atoms with van der Waals surface area (Å²) in [5.74, 6) is -1.04. The van der Waals surface area contributed by atoms with Gasteiger partial charge in [0.15, 0.2) is 0 Å². The van der Waals surface area contributed by atoms with Crippen molar-refractivity contribution >= 4 is 28.3 Å². The molecule has 2 rings (SSSR count). The van der Waals surface area contributed by atoms with Crippen molar-refractivity contribution in [2.45, 2.75) is 6.92 Å². The number of aliphatic carboxylic acids is 1. The second-order valence-electron chi connectivity index (χ2n) is 3.53. The lowest BCUT2D eigenvalue weighted by Crippen LogP contribution is -2.10. The second kappa shape index (κ2) is 4.61. The molecule has 0 aliphatic heterocycles. The smallest absolute Gasteiger partial charge is 0.351 e. The molecule has 5 heteroatoms. The van der Waals surface area contributed by atoms with Crippen molar-refractivity contribution in [3.05, 3.63) is 36.5 Å². The average molecular weight is 229 g/mol. The molecule has 1 aromatic carbocycles. The van der Waals surface area contributed by atoms with Gasteiger partial charge in [-0.05, 0) is 31.2 Å². The second-order valence-corrected chi connectivity index (χ2v) is 3.53. The molecule has 1 heterocycles. The number of aromatic nitrogens is 1. The van der Waals surface area contributed by atoms with Crippen LogP contribution in [0, 0.1) is 0 Å². The maximum absolute atomic E-state index is 10.6. The molecule has 0 aliphatic rings. The van der Waals surface area contributed by atoms with Crippen molar-refractivity contribution in [2.75, 3.05) is 5.43 Å². The number of fused-ring (bicyclic) bond motifs is 1. The van der Waals surface area contributed by atoms with E-state index in [2.05, 4.69) is 15.5 Å². The van der Waals surface area contributed by atoms with Crippen molar-refractivity contribution in [2.24, 2.45) is 5.10 Å². The van der Waals surface area contributed by atoms with Crippen LogP contribution in [0.1, 0.15) is 6.92 Å². The zero-order valence-electron chi connectivity index (χ0n) is 9.21. The lowest BCUT2D eigenvalue weighted by molar-refractivity contribution is -0.129. The van der Waals surface area contributed by atoms with Crippen LogP contribution in [0.5, 0.6) is 0 Å². The first kappa shape index (κ1) is 11.1. The zero-order valence-corrected chi connectivity index (χ0v) is 9.21. The van der Waals surface area contributed by atoms with E-state index in [4.69, 9.17) is 5.11 Å². The molecule has 0 aliphatic carbocycles. The van der Waals surface area contributed by atoms with E-state index in [-0.39, 0.29) is 5.71 Å². The maximum atomic E-state index is 10.6. The number of carboxylic acid groups (broad SMARTS) is 1. The van der Waals surface area contributed by atoms with Gasteiger partial charge in [0, 0.05) is 11.6 Å². The number of carboxylic acids is 1. The average Bonchev–Trinajstić information content (AvgIpc) is 2.35. The molecule has 0 saturated carbocycles. The molecule has 0 bridgehead atoms. The minimum absolute atomic E-state index is 0.0104. The highest BCUT2D eigenvalue weighted by Gasteiger charge is 2.01. The van der Waals surface area contributed by atoms with E-state index in [9.17, 15) is 4.79 Å². The van der Waals surface area contributed by atoms with Gasteiger partial charge in [0.05, 0.1) is 11.2 Å². The molecule has 0 fully saturated rings. The number of carbonyl (C=O) groups is 1. The van der Waals surface area contributed by atoms with Crippen LogP contribution in [0.15, 0.2) is 41.6 Å². The summed E-state index contributed by atoms with van der Waals surface area (Å²) in [5, 5.41) is 13.4. The molecule has 0 radical (unpaired) electrons. The van der Waals surface area contributed by atoms with E-state index in [1.165, 1.54) is 6.92 Å². The minimum Gasteiger partial charge on any atom is -0.477 e. The van der Waals surface area contributed by atoms with Crippen LogP contribution in [0.4, 0.5) is 5.69 Å². The summed E-state index contributed by atoms with van der Waals surface area (Å²) in [4.78, 5) is 14.7. The molecular weight excluding hydrogens is 218 g/mol. The number of benzene rings is 1. The van der Waals surface area contributed by atoms with Crippen molar-refractivity contribution in [3.63, 3.8) is 0 Å². The fraction of sp³-hybridized carbons (Fsp3) is 0.0833. The van der Waals surface area contributed by atoms with Gasteiger partial charge in [-0.1, -0.05) is 6.07 Å². The van der Waals surface area contributed by atoms with Crippen LogP contribution < -0.4 is 5.43 Å². The van der Waals surface area contributed by atoms with Crippen LogP contribution in [0.25, 0.3) is 10.9 Å². The Hall–Kier alpha value is -2.43. The van der Waals surface area contributed by atoms with Crippen LogP contribution in [0.3, 0.4) is 0 Å². The molecule has 2 N–H and O–H groups in total. The van der Waals surface area contributed by atoms with Gasteiger partial charge in [0.2, 0.25) is 0 Å². The molecule has 1 aromatic heterocycles. The molecule has 5 nitrogen and oxygen atoms in total. The summed E-state index contributed by atoms with van der Waals surface area (Å²) in [6.07, 6.45) is 1.72. The van der Waals surface area contributed by atoms with E-state index < -0.39 is 5.97 Å². The third-order valence-electron chi connectivity index (χ3n) is 2.27. The van der Waals surface area contributed by atoms with Crippen LogP contribution in [-0.2, 0) is 4.79 Å². The Balaban J connectivity index is 2.25. The largest absolute Gasteiger partial charge is 0.477 e. The molecule has 0 unspecified atom stereocenters. The first-order chi connectivity index (χ1) is 8.16. The number of pyridine rings is 1. The van der Waals surface area contributed by atoms with Crippen LogP contribution in [0.2, 0.25) is 0 Å². The molecule has 17 heavy (non-hydrogen) atoms. The van der Waals surface area contributed by atoms with E-state index >= 15 is 0 Å². The number of rotatable bonds is 3. The van der Waals surface area contributed by atoms with E-state index in [0.29, 0.717) is 0 Å². The number of hydrogen-bond donors (Lipinski definition) is 2. The molecule has 86 valence electrons. The molecular formula is C12H11N3O2. The van der Waals surface area contributed by atoms with Crippen LogP contribution in [-0.4, -0.2) is 21.8 Å².